The fourth-order valence-electron chi connectivity index (χ4n) is 3.58. The average Bonchev–Trinajstić information content (AvgIpc) is 2.88. The van der Waals surface area contributed by atoms with Crippen LogP contribution in [0.15, 0.2) is 18.2 Å². The van der Waals surface area contributed by atoms with Crippen LogP contribution in [0.4, 0.5) is 5.82 Å². The number of aromatic hydroxyl groups is 1. The number of phenols is 1. The molecule has 26 heavy (non-hydrogen) atoms. The van der Waals surface area contributed by atoms with E-state index in [0.29, 0.717) is 33.7 Å². The zero-order chi connectivity index (χ0) is 18.7. The van der Waals surface area contributed by atoms with Crippen LogP contribution in [-0.2, 0) is 0 Å². The second-order valence-corrected chi connectivity index (χ2v) is 7.09. The molecule has 1 aromatic carbocycles. The summed E-state index contributed by atoms with van der Waals surface area (Å²) in [4.78, 5) is 8.88. The summed E-state index contributed by atoms with van der Waals surface area (Å²) in [6, 6.07) is 7.34. The van der Waals surface area contributed by atoms with Crippen LogP contribution in [-0.4, -0.2) is 28.2 Å². The lowest BCUT2D eigenvalue weighted by Gasteiger charge is -2.18. The van der Waals surface area contributed by atoms with Gasteiger partial charge in [0.2, 0.25) is 0 Å². The van der Waals surface area contributed by atoms with Crippen molar-refractivity contribution in [2.45, 2.75) is 44.1 Å². The van der Waals surface area contributed by atoms with Gasteiger partial charge in [-0.15, -0.1) is 0 Å². The fraction of sp³-hybridized carbons (Fsp3) is 0.421. The number of nitriles is 1. The molecular formula is C19H22ClN5O. The Balaban J connectivity index is 2.05. The fourth-order valence-corrected chi connectivity index (χ4v) is 3.75. The summed E-state index contributed by atoms with van der Waals surface area (Å²) in [5.74, 6) is 0.612. The largest absolute Gasteiger partial charge is 0.507 e. The van der Waals surface area contributed by atoms with E-state index in [-0.39, 0.29) is 17.5 Å². The zero-order valence-electron chi connectivity index (χ0n) is 14.7. The smallest absolute Gasteiger partial charge is 0.165 e. The Labute approximate surface area is 158 Å². The van der Waals surface area contributed by atoms with E-state index in [1.54, 1.807) is 12.1 Å². The maximum atomic E-state index is 10.2. The van der Waals surface area contributed by atoms with Gasteiger partial charge in [0, 0.05) is 17.0 Å². The number of anilines is 1. The van der Waals surface area contributed by atoms with Crippen molar-refractivity contribution in [1.29, 1.82) is 5.26 Å². The predicted molar refractivity (Wildman–Crippen MR) is 102 cm³/mol. The van der Waals surface area contributed by atoms with Gasteiger partial charge in [0.05, 0.1) is 11.3 Å². The summed E-state index contributed by atoms with van der Waals surface area (Å²) in [6.07, 6.45) is 5.07. The number of nitrogens with one attached hydrogen (secondary N) is 1. The molecule has 2 unspecified atom stereocenters. The lowest BCUT2D eigenvalue weighted by Crippen LogP contribution is -2.23. The first-order valence-corrected chi connectivity index (χ1v) is 9.15. The van der Waals surface area contributed by atoms with Gasteiger partial charge in [-0.2, -0.15) is 5.26 Å². The van der Waals surface area contributed by atoms with Gasteiger partial charge < -0.3 is 16.2 Å². The van der Waals surface area contributed by atoms with Crippen molar-refractivity contribution in [3.63, 3.8) is 0 Å². The number of hydrogen-bond acceptors (Lipinski definition) is 6. The van der Waals surface area contributed by atoms with Gasteiger partial charge in [0.25, 0.3) is 0 Å². The molecule has 0 aliphatic heterocycles. The van der Waals surface area contributed by atoms with Gasteiger partial charge in [0.1, 0.15) is 23.2 Å². The Hall–Kier alpha value is -2.36. The van der Waals surface area contributed by atoms with Crippen molar-refractivity contribution in [2.24, 2.45) is 0 Å². The Morgan fingerprint density at radius 3 is 2.81 bits per heavy atom. The van der Waals surface area contributed by atoms with E-state index in [1.807, 2.05) is 7.05 Å². The Kier molecular flexibility index (Phi) is 5.60. The summed E-state index contributed by atoms with van der Waals surface area (Å²) >= 11 is 6.05. The summed E-state index contributed by atoms with van der Waals surface area (Å²) < 4.78 is 0. The Morgan fingerprint density at radius 2 is 2.08 bits per heavy atom. The molecule has 0 amide bonds. The minimum absolute atomic E-state index is 0.0283. The molecule has 2 aromatic rings. The molecule has 0 bridgehead atoms. The highest BCUT2D eigenvalue weighted by molar-refractivity contribution is 6.30. The highest BCUT2D eigenvalue weighted by Crippen LogP contribution is 2.36. The summed E-state index contributed by atoms with van der Waals surface area (Å²) in [6.45, 7) is 0. The van der Waals surface area contributed by atoms with Gasteiger partial charge in [-0.05, 0) is 50.9 Å². The van der Waals surface area contributed by atoms with Crippen molar-refractivity contribution in [1.82, 2.24) is 15.3 Å². The second kappa shape index (κ2) is 7.90. The summed E-state index contributed by atoms with van der Waals surface area (Å²) in [5, 5.41) is 23.5. The number of nitrogen functional groups attached to an aromatic ring is 1. The van der Waals surface area contributed by atoms with Gasteiger partial charge in [-0.1, -0.05) is 18.0 Å². The van der Waals surface area contributed by atoms with Gasteiger partial charge >= 0.3 is 0 Å². The molecule has 1 aliphatic rings. The number of halogens is 1. The maximum absolute atomic E-state index is 10.2. The molecule has 0 saturated heterocycles. The second-order valence-electron chi connectivity index (χ2n) is 6.66. The van der Waals surface area contributed by atoms with E-state index >= 15 is 0 Å². The quantitative estimate of drug-likeness (QED) is 0.711. The monoisotopic (exact) mass is 371 g/mol. The van der Waals surface area contributed by atoms with Crippen LogP contribution in [0.1, 0.15) is 49.3 Å². The normalized spacial score (nSPS) is 20.3. The van der Waals surface area contributed by atoms with Crippen molar-refractivity contribution < 1.29 is 5.11 Å². The van der Waals surface area contributed by atoms with E-state index in [4.69, 9.17) is 17.3 Å². The van der Waals surface area contributed by atoms with Crippen LogP contribution in [0.2, 0.25) is 5.02 Å². The lowest BCUT2D eigenvalue weighted by atomic mass is 9.93. The Bertz CT molecular complexity index is 849. The number of benzene rings is 1. The number of nitrogens with zero attached hydrogens (tertiary/aromatic N) is 3. The zero-order valence-corrected chi connectivity index (χ0v) is 15.4. The number of phenolic OH excluding ortho intramolecular Hbond substituents is 1. The highest BCUT2D eigenvalue weighted by atomic mass is 35.5. The minimum atomic E-state index is 0.0283. The number of aromatic nitrogens is 2. The summed E-state index contributed by atoms with van der Waals surface area (Å²) in [5.41, 5.74) is 7.48. The van der Waals surface area contributed by atoms with Crippen LogP contribution in [0.3, 0.4) is 0 Å². The highest BCUT2D eigenvalue weighted by Gasteiger charge is 2.25. The third-order valence-electron chi connectivity index (χ3n) is 5.04. The predicted octanol–water partition coefficient (Wildman–Crippen LogP) is 3.59. The van der Waals surface area contributed by atoms with Crippen molar-refractivity contribution in [2.75, 3.05) is 12.8 Å². The first-order valence-electron chi connectivity index (χ1n) is 8.77. The number of rotatable bonds is 3. The number of hydrogen-bond donors (Lipinski definition) is 3. The van der Waals surface area contributed by atoms with Crippen LogP contribution in [0, 0.1) is 11.3 Å². The van der Waals surface area contributed by atoms with Crippen molar-refractivity contribution in [3.05, 3.63) is 34.5 Å². The SMILES string of the molecule is CNC1CCCC(c2nc(-c3cc(Cl)ccc3O)nc(N)c2C#N)CC1. The molecule has 4 N–H and O–H groups in total. The molecular weight excluding hydrogens is 350 g/mol. The molecule has 1 fully saturated rings. The first kappa shape index (κ1) is 18.4. The summed E-state index contributed by atoms with van der Waals surface area (Å²) in [7, 11) is 1.98. The molecule has 2 atom stereocenters. The number of nitrogens with two attached hydrogens (primary N) is 1. The topological polar surface area (TPSA) is 108 Å². The van der Waals surface area contributed by atoms with E-state index in [9.17, 15) is 10.4 Å². The van der Waals surface area contributed by atoms with Crippen LogP contribution in [0.25, 0.3) is 11.4 Å². The molecule has 7 heteroatoms. The van der Waals surface area contributed by atoms with Gasteiger partial charge in [-0.25, -0.2) is 9.97 Å². The Morgan fingerprint density at radius 1 is 1.27 bits per heavy atom. The molecule has 1 aromatic heterocycles. The average molecular weight is 372 g/mol. The lowest BCUT2D eigenvalue weighted by molar-refractivity contribution is 0.476. The molecule has 1 aliphatic carbocycles. The van der Waals surface area contributed by atoms with Crippen LogP contribution in [0.5, 0.6) is 5.75 Å². The van der Waals surface area contributed by atoms with Crippen molar-refractivity contribution in [3.8, 4) is 23.2 Å². The standard InChI is InChI=1S/C19H22ClN5O/c1-23-13-4-2-3-11(5-7-13)17-15(10-21)18(22)25-19(24-17)14-9-12(20)6-8-16(14)26/h6,8-9,11,13,23,26H,2-5,7H2,1H3,(H2,22,24,25). The van der Waals surface area contributed by atoms with Crippen LogP contribution < -0.4 is 11.1 Å². The molecule has 0 spiro atoms. The molecule has 6 nitrogen and oxygen atoms in total. The van der Waals surface area contributed by atoms with Crippen molar-refractivity contribution >= 4 is 17.4 Å². The van der Waals surface area contributed by atoms with E-state index in [1.165, 1.54) is 6.07 Å². The third kappa shape index (κ3) is 3.74. The van der Waals surface area contributed by atoms with E-state index in [0.717, 1.165) is 32.1 Å². The maximum Gasteiger partial charge on any atom is 0.165 e. The van der Waals surface area contributed by atoms with Gasteiger partial charge in [0.15, 0.2) is 5.82 Å². The minimum Gasteiger partial charge on any atom is -0.507 e. The van der Waals surface area contributed by atoms with E-state index < -0.39 is 0 Å². The third-order valence-corrected chi connectivity index (χ3v) is 5.28. The van der Waals surface area contributed by atoms with E-state index in [2.05, 4.69) is 21.4 Å². The molecule has 1 saturated carbocycles. The molecule has 1 heterocycles. The molecule has 0 radical (unpaired) electrons. The molecule has 3 rings (SSSR count). The van der Waals surface area contributed by atoms with Gasteiger partial charge in [-0.3, -0.25) is 0 Å². The van der Waals surface area contributed by atoms with Crippen LogP contribution >= 0.6 is 11.6 Å². The first-order chi connectivity index (χ1) is 12.5. The molecule has 136 valence electrons.